The van der Waals surface area contributed by atoms with Crippen molar-refractivity contribution >= 4 is 11.0 Å². The standard InChI is InChI=1S/C24H26F3N3O/c25-24(26,27)20-7-5-18(6-8-20)3-4-19-11-14-29(15-12-19)16-17-30-22-2-1-13-28-21(22)9-10-23(30)31/h1-2,5-10,13,19H,3-4,11-12,14-17H2. The molecular weight excluding hydrogens is 403 g/mol. The van der Waals surface area contributed by atoms with Crippen molar-refractivity contribution in [1.29, 1.82) is 0 Å². The average molecular weight is 429 g/mol. The largest absolute Gasteiger partial charge is 0.416 e. The van der Waals surface area contributed by atoms with Crippen molar-refractivity contribution in [1.82, 2.24) is 14.5 Å². The van der Waals surface area contributed by atoms with E-state index in [9.17, 15) is 18.0 Å². The highest BCUT2D eigenvalue weighted by molar-refractivity contribution is 5.73. The van der Waals surface area contributed by atoms with Crippen molar-refractivity contribution in [2.45, 2.75) is 38.4 Å². The fraction of sp³-hybridized carbons (Fsp3) is 0.417. The number of aryl methyl sites for hydroxylation is 1. The zero-order valence-corrected chi connectivity index (χ0v) is 17.3. The van der Waals surface area contributed by atoms with Crippen LogP contribution in [0.25, 0.3) is 11.0 Å². The predicted octanol–water partition coefficient (Wildman–Crippen LogP) is 4.76. The number of aromatic nitrogens is 2. The molecule has 2 aromatic heterocycles. The number of rotatable bonds is 6. The Morgan fingerprint density at radius 1 is 0.968 bits per heavy atom. The molecular formula is C24H26F3N3O. The van der Waals surface area contributed by atoms with Crippen LogP contribution in [0.15, 0.2) is 59.5 Å². The van der Waals surface area contributed by atoms with Crippen LogP contribution in [-0.2, 0) is 19.1 Å². The van der Waals surface area contributed by atoms with Crippen molar-refractivity contribution < 1.29 is 13.2 Å². The van der Waals surface area contributed by atoms with Gasteiger partial charge in [-0.2, -0.15) is 13.2 Å². The van der Waals surface area contributed by atoms with Crippen LogP contribution < -0.4 is 5.56 Å². The van der Waals surface area contributed by atoms with Gasteiger partial charge in [0, 0.05) is 25.4 Å². The number of benzene rings is 1. The summed E-state index contributed by atoms with van der Waals surface area (Å²) in [5.74, 6) is 0.586. The lowest BCUT2D eigenvalue weighted by Gasteiger charge is -2.32. The number of pyridine rings is 2. The van der Waals surface area contributed by atoms with Crippen molar-refractivity contribution in [2.75, 3.05) is 19.6 Å². The minimum absolute atomic E-state index is 0.00747. The predicted molar refractivity (Wildman–Crippen MR) is 115 cm³/mol. The van der Waals surface area contributed by atoms with Gasteiger partial charge in [-0.15, -0.1) is 0 Å². The van der Waals surface area contributed by atoms with Gasteiger partial charge >= 0.3 is 6.18 Å². The highest BCUT2D eigenvalue weighted by Gasteiger charge is 2.30. The van der Waals surface area contributed by atoms with Crippen LogP contribution in [-0.4, -0.2) is 34.1 Å². The zero-order valence-electron chi connectivity index (χ0n) is 17.3. The van der Waals surface area contributed by atoms with Crippen LogP contribution in [0.2, 0.25) is 0 Å². The molecule has 0 unspecified atom stereocenters. The van der Waals surface area contributed by atoms with Crippen molar-refractivity contribution in [3.05, 3.63) is 76.2 Å². The monoisotopic (exact) mass is 429 g/mol. The van der Waals surface area contributed by atoms with E-state index in [4.69, 9.17) is 0 Å². The van der Waals surface area contributed by atoms with Gasteiger partial charge in [-0.3, -0.25) is 9.78 Å². The first-order valence-electron chi connectivity index (χ1n) is 10.7. The maximum atomic E-state index is 12.7. The number of fused-ring (bicyclic) bond motifs is 1. The van der Waals surface area contributed by atoms with Crippen molar-refractivity contribution in [3.8, 4) is 0 Å². The summed E-state index contributed by atoms with van der Waals surface area (Å²) in [5.41, 5.74) is 2.04. The van der Waals surface area contributed by atoms with Crippen LogP contribution in [0.3, 0.4) is 0 Å². The number of hydrogen-bond acceptors (Lipinski definition) is 3. The van der Waals surface area contributed by atoms with E-state index < -0.39 is 11.7 Å². The lowest BCUT2D eigenvalue weighted by Crippen LogP contribution is -2.37. The molecule has 3 aromatic rings. The molecule has 1 aliphatic rings. The number of hydrogen-bond donors (Lipinski definition) is 0. The molecule has 7 heteroatoms. The first-order chi connectivity index (χ1) is 14.9. The number of nitrogens with zero attached hydrogens (tertiary/aromatic N) is 3. The Kier molecular flexibility index (Phi) is 6.41. The highest BCUT2D eigenvalue weighted by Crippen LogP contribution is 2.29. The molecule has 0 atom stereocenters. The summed E-state index contributed by atoms with van der Waals surface area (Å²) in [6, 6.07) is 12.6. The Bertz CT molecular complexity index is 1070. The van der Waals surface area contributed by atoms with Crippen LogP contribution in [0.5, 0.6) is 0 Å². The summed E-state index contributed by atoms with van der Waals surface area (Å²) >= 11 is 0. The van der Waals surface area contributed by atoms with Gasteiger partial charge in [-0.1, -0.05) is 12.1 Å². The second kappa shape index (κ2) is 9.22. The maximum absolute atomic E-state index is 12.7. The van der Waals surface area contributed by atoms with Gasteiger partial charge in [-0.25, -0.2) is 0 Å². The number of piperidine rings is 1. The van der Waals surface area contributed by atoms with E-state index in [0.717, 1.165) is 61.9 Å². The lowest BCUT2D eigenvalue weighted by atomic mass is 9.90. The van der Waals surface area contributed by atoms with Gasteiger partial charge in [-0.05, 0) is 80.6 Å². The molecule has 1 fully saturated rings. The Balaban J connectivity index is 1.25. The molecule has 0 aliphatic carbocycles. The molecule has 1 saturated heterocycles. The van der Waals surface area contributed by atoms with Crippen LogP contribution in [0, 0.1) is 5.92 Å². The molecule has 0 amide bonds. The van der Waals surface area contributed by atoms with Gasteiger partial charge < -0.3 is 9.47 Å². The molecule has 4 nitrogen and oxygen atoms in total. The fourth-order valence-corrected chi connectivity index (χ4v) is 4.33. The molecule has 4 rings (SSSR count). The molecule has 0 radical (unpaired) electrons. The van der Waals surface area contributed by atoms with E-state index in [2.05, 4.69) is 9.88 Å². The van der Waals surface area contributed by atoms with Gasteiger partial charge in [0.1, 0.15) is 0 Å². The minimum Gasteiger partial charge on any atom is -0.305 e. The first-order valence-corrected chi connectivity index (χ1v) is 10.7. The van der Waals surface area contributed by atoms with Crippen LogP contribution in [0.4, 0.5) is 13.2 Å². The number of likely N-dealkylation sites (tertiary alicyclic amines) is 1. The third-order valence-corrected chi connectivity index (χ3v) is 6.23. The summed E-state index contributed by atoms with van der Waals surface area (Å²) in [7, 11) is 0. The molecule has 1 aromatic carbocycles. The SMILES string of the molecule is O=c1ccc2ncccc2n1CCN1CCC(CCc2ccc(C(F)(F)F)cc2)CC1. The van der Waals surface area contributed by atoms with Crippen molar-refractivity contribution in [2.24, 2.45) is 5.92 Å². The Labute approximate surface area is 179 Å². The van der Waals surface area contributed by atoms with Gasteiger partial charge in [0.25, 0.3) is 5.56 Å². The van der Waals surface area contributed by atoms with E-state index in [1.54, 1.807) is 35.0 Å². The van der Waals surface area contributed by atoms with E-state index in [-0.39, 0.29) is 5.56 Å². The smallest absolute Gasteiger partial charge is 0.305 e. The Morgan fingerprint density at radius 3 is 2.42 bits per heavy atom. The van der Waals surface area contributed by atoms with E-state index >= 15 is 0 Å². The second-order valence-electron chi connectivity index (χ2n) is 8.25. The minimum atomic E-state index is -4.28. The van der Waals surface area contributed by atoms with E-state index in [1.165, 1.54) is 12.1 Å². The van der Waals surface area contributed by atoms with Gasteiger partial charge in [0.2, 0.25) is 0 Å². The Hall–Kier alpha value is -2.67. The summed E-state index contributed by atoms with van der Waals surface area (Å²) in [6.45, 7) is 3.42. The molecule has 0 bridgehead atoms. The maximum Gasteiger partial charge on any atom is 0.416 e. The topological polar surface area (TPSA) is 38.1 Å². The molecule has 0 spiro atoms. The molecule has 1 aliphatic heterocycles. The molecule has 3 heterocycles. The lowest BCUT2D eigenvalue weighted by molar-refractivity contribution is -0.137. The fourth-order valence-electron chi connectivity index (χ4n) is 4.33. The summed E-state index contributed by atoms with van der Waals surface area (Å²) in [4.78, 5) is 19.0. The third kappa shape index (κ3) is 5.34. The molecule has 0 saturated carbocycles. The van der Waals surface area contributed by atoms with E-state index in [1.807, 2.05) is 12.1 Å². The zero-order chi connectivity index (χ0) is 21.8. The summed E-state index contributed by atoms with van der Waals surface area (Å²) in [6.07, 6.45) is 1.40. The van der Waals surface area contributed by atoms with Crippen LogP contribution >= 0.6 is 0 Å². The summed E-state index contributed by atoms with van der Waals surface area (Å²) < 4.78 is 39.8. The second-order valence-corrected chi connectivity index (χ2v) is 8.25. The number of alkyl halides is 3. The van der Waals surface area contributed by atoms with E-state index in [0.29, 0.717) is 12.5 Å². The summed E-state index contributed by atoms with van der Waals surface area (Å²) in [5, 5.41) is 0. The molecule has 31 heavy (non-hydrogen) atoms. The normalized spacial score (nSPS) is 16.1. The van der Waals surface area contributed by atoms with Crippen molar-refractivity contribution in [3.63, 3.8) is 0 Å². The number of halogens is 3. The van der Waals surface area contributed by atoms with Gasteiger partial charge in [0.05, 0.1) is 16.6 Å². The van der Waals surface area contributed by atoms with Crippen LogP contribution in [0.1, 0.15) is 30.4 Å². The average Bonchev–Trinajstić information content (AvgIpc) is 2.77. The molecule has 164 valence electrons. The molecule has 0 N–H and O–H groups in total. The van der Waals surface area contributed by atoms with Gasteiger partial charge in [0.15, 0.2) is 0 Å². The highest BCUT2D eigenvalue weighted by atomic mass is 19.4. The first kappa shape index (κ1) is 21.6. The third-order valence-electron chi connectivity index (χ3n) is 6.23. The Morgan fingerprint density at radius 2 is 1.71 bits per heavy atom. The quantitative estimate of drug-likeness (QED) is 0.567.